The van der Waals surface area contributed by atoms with Crippen LogP contribution < -0.4 is 4.74 Å². The van der Waals surface area contributed by atoms with Gasteiger partial charge in [-0.05, 0) is 31.5 Å². The average Bonchev–Trinajstić information content (AvgIpc) is 2.39. The van der Waals surface area contributed by atoms with Crippen LogP contribution in [-0.4, -0.2) is 23.3 Å². The topological polar surface area (TPSA) is 47.4 Å². The van der Waals surface area contributed by atoms with E-state index in [1.165, 1.54) is 0 Å². The maximum Gasteiger partial charge on any atom is 0.144 e. The van der Waals surface area contributed by atoms with E-state index in [0.29, 0.717) is 0 Å². The lowest BCUT2D eigenvalue weighted by Gasteiger charge is -2.05. The monoisotopic (exact) mass is 241 g/mol. The third-order valence-electron chi connectivity index (χ3n) is 2.58. The van der Waals surface area contributed by atoms with Gasteiger partial charge in [0, 0.05) is 12.4 Å². The number of nitrogens with zero attached hydrogens (tertiary/aromatic N) is 3. The van der Waals surface area contributed by atoms with Crippen LogP contribution in [0.2, 0.25) is 0 Å². The van der Waals surface area contributed by atoms with Crippen LogP contribution in [0.5, 0.6) is 5.75 Å². The molecular formula is C14H15N3O. The molecule has 0 N–H and O–H groups in total. The molecule has 92 valence electrons. The third-order valence-corrected chi connectivity index (χ3v) is 2.58. The molecule has 0 radical (unpaired) electrons. The highest BCUT2D eigenvalue weighted by atomic mass is 16.5. The van der Waals surface area contributed by atoms with Crippen molar-refractivity contribution in [3.63, 3.8) is 0 Å². The summed E-state index contributed by atoms with van der Waals surface area (Å²) in [7, 11) is 1.64. The summed E-state index contributed by atoms with van der Waals surface area (Å²) >= 11 is 0. The first kappa shape index (κ1) is 12.2. The minimum absolute atomic E-state index is 0.757. The lowest BCUT2D eigenvalue weighted by atomic mass is 10.2. The molecule has 0 saturated heterocycles. The van der Waals surface area contributed by atoms with Crippen molar-refractivity contribution in [3.05, 3.63) is 47.5 Å². The zero-order valence-electron chi connectivity index (χ0n) is 10.7. The first-order chi connectivity index (χ1) is 8.70. The molecule has 0 saturated carbocycles. The number of rotatable bonds is 3. The number of methoxy groups -OCH3 is 1. The third kappa shape index (κ3) is 2.71. The maximum absolute atomic E-state index is 5.30. The Morgan fingerprint density at radius 1 is 1.17 bits per heavy atom. The number of aromatic nitrogens is 2. The van der Waals surface area contributed by atoms with Crippen molar-refractivity contribution in [2.45, 2.75) is 13.8 Å². The van der Waals surface area contributed by atoms with E-state index in [4.69, 9.17) is 4.74 Å². The number of aliphatic imine (C=N–C) groups is 1. The molecule has 0 atom stereocenters. The van der Waals surface area contributed by atoms with E-state index in [-0.39, 0.29) is 0 Å². The fourth-order valence-electron chi connectivity index (χ4n) is 1.57. The van der Waals surface area contributed by atoms with E-state index in [2.05, 4.69) is 15.0 Å². The van der Waals surface area contributed by atoms with Crippen LogP contribution in [0.4, 0.5) is 5.69 Å². The Kier molecular flexibility index (Phi) is 3.67. The van der Waals surface area contributed by atoms with Crippen molar-refractivity contribution in [2.24, 2.45) is 4.99 Å². The van der Waals surface area contributed by atoms with E-state index in [9.17, 15) is 0 Å². The molecule has 0 amide bonds. The summed E-state index contributed by atoms with van der Waals surface area (Å²) in [5.74, 6) is 0.757. The summed E-state index contributed by atoms with van der Waals surface area (Å²) in [6.07, 6.45) is 5.02. The Bertz CT molecular complexity index is 579. The van der Waals surface area contributed by atoms with Gasteiger partial charge in [0.1, 0.15) is 17.1 Å². The molecular weight excluding hydrogens is 226 g/mol. The van der Waals surface area contributed by atoms with Gasteiger partial charge < -0.3 is 4.74 Å². The molecule has 1 aromatic carbocycles. The molecule has 0 spiro atoms. The molecule has 1 heterocycles. The fourth-order valence-corrected chi connectivity index (χ4v) is 1.57. The normalized spacial score (nSPS) is 10.8. The lowest BCUT2D eigenvalue weighted by molar-refractivity contribution is 0.416. The van der Waals surface area contributed by atoms with Gasteiger partial charge in [-0.2, -0.15) is 0 Å². The summed E-state index contributed by atoms with van der Waals surface area (Å²) in [5, 5.41) is 0. The predicted molar refractivity (Wildman–Crippen MR) is 71.8 cm³/mol. The van der Waals surface area contributed by atoms with Gasteiger partial charge in [0.2, 0.25) is 0 Å². The van der Waals surface area contributed by atoms with Crippen molar-refractivity contribution in [1.29, 1.82) is 0 Å². The highest BCUT2D eigenvalue weighted by molar-refractivity contribution is 5.81. The summed E-state index contributed by atoms with van der Waals surface area (Å²) in [4.78, 5) is 12.8. The van der Waals surface area contributed by atoms with Gasteiger partial charge in [-0.25, -0.2) is 0 Å². The van der Waals surface area contributed by atoms with Crippen molar-refractivity contribution in [3.8, 4) is 5.75 Å². The largest absolute Gasteiger partial charge is 0.494 e. The minimum atomic E-state index is 0.757. The van der Waals surface area contributed by atoms with E-state index in [1.54, 1.807) is 25.7 Å². The second kappa shape index (κ2) is 5.40. The van der Waals surface area contributed by atoms with Crippen LogP contribution in [0.15, 0.2) is 35.6 Å². The molecule has 2 rings (SSSR count). The Morgan fingerprint density at radius 3 is 2.67 bits per heavy atom. The number of hydrogen-bond acceptors (Lipinski definition) is 4. The summed E-state index contributed by atoms with van der Waals surface area (Å²) in [6, 6.07) is 5.88. The summed E-state index contributed by atoms with van der Waals surface area (Å²) in [6.45, 7) is 3.92. The van der Waals surface area contributed by atoms with Crippen LogP contribution >= 0.6 is 0 Å². The Hall–Kier alpha value is -2.23. The Labute approximate surface area is 106 Å². The van der Waals surface area contributed by atoms with Crippen molar-refractivity contribution in [1.82, 2.24) is 9.97 Å². The van der Waals surface area contributed by atoms with Crippen LogP contribution in [-0.2, 0) is 0 Å². The molecule has 4 nitrogen and oxygen atoms in total. The van der Waals surface area contributed by atoms with Crippen LogP contribution in [0.3, 0.4) is 0 Å². The fraction of sp³-hybridized carbons (Fsp3) is 0.214. The standard InChI is InChI=1S/C14H15N3O/c1-10-4-5-12(14(8-10)18-3)17-9-13-11(2)15-6-7-16-13/h4-9H,1-3H3. The van der Waals surface area contributed by atoms with E-state index in [0.717, 1.165) is 28.4 Å². The first-order valence-electron chi connectivity index (χ1n) is 5.67. The molecule has 2 aromatic rings. The number of benzene rings is 1. The summed E-state index contributed by atoms with van der Waals surface area (Å²) < 4.78 is 5.30. The van der Waals surface area contributed by atoms with Gasteiger partial charge in [0.15, 0.2) is 0 Å². The van der Waals surface area contributed by atoms with Crippen LogP contribution in [0.1, 0.15) is 17.0 Å². The number of ether oxygens (including phenoxy) is 1. The van der Waals surface area contributed by atoms with E-state index >= 15 is 0 Å². The molecule has 18 heavy (non-hydrogen) atoms. The minimum Gasteiger partial charge on any atom is -0.494 e. The molecule has 0 aliphatic heterocycles. The zero-order chi connectivity index (χ0) is 13.0. The highest BCUT2D eigenvalue weighted by Gasteiger charge is 2.01. The highest BCUT2D eigenvalue weighted by Crippen LogP contribution is 2.27. The smallest absolute Gasteiger partial charge is 0.144 e. The molecule has 0 bridgehead atoms. The molecule has 1 aromatic heterocycles. The van der Waals surface area contributed by atoms with Crippen LogP contribution in [0.25, 0.3) is 0 Å². The average molecular weight is 241 g/mol. The van der Waals surface area contributed by atoms with Gasteiger partial charge in [-0.1, -0.05) is 6.07 Å². The molecule has 0 aliphatic rings. The van der Waals surface area contributed by atoms with E-state index < -0.39 is 0 Å². The first-order valence-corrected chi connectivity index (χ1v) is 5.67. The summed E-state index contributed by atoms with van der Waals surface area (Å²) in [5.41, 5.74) is 3.54. The van der Waals surface area contributed by atoms with Gasteiger partial charge in [0.05, 0.1) is 19.0 Å². The van der Waals surface area contributed by atoms with Gasteiger partial charge in [0.25, 0.3) is 0 Å². The second-order valence-electron chi connectivity index (χ2n) is 3.96. The van der Waals surface area contributed by atoms with Gasteiger partial charge in [-0.15, -0.1) is 0 Å². The number of hydrogen-bond donors (Lipinski definition) is 0. The van der Waals surface area contributed by atoms with Crippen molar-refractivity contribution in [2.75, 3.05) is 7.11 Å². The molecule has 4 heteroatoms. The predicted octanol–water partition coefficient (Wildman–Crippen LogP) is 2.85. The SMILES string of the molecule is COc1cc(C)ccc1N=Cc1nccnc1C. The molecule has 0 fully saturated rings. The molecule has 0 aliphatic carbocycles. The van der Waals surface area contributed by atoms with Crippen molar-refractivity contribution >= 4 is 11.9 Å². The Balaban J connectivity index is 2.32. The maximum atomic E-state index is 5.30. The van der Waals surface area contributed by atoms with Crippen LogP contribution in [0, 0.1) is 13.8 Å². The Morgan fingerprint density at radius 2 is 1.94 bits per heavy atom. The van der Waals surface area contributed by atoms with Gasteiger partial charge >= 0.3 is 0 Å². The lowest BCUT2D eigenvalue weighted by Crippen LogP contribution is -1.94. The van der Waals surface area contributed by atoms with E-state index in [1.807, 2.05) is 32.0 Å². The quantitative estimate of drug-likeness (QED) is 0.776. The van der Waals surface area contributed by atoms with Crippen molar-refractivity contribution < 1.29 is 4.74 Å². The second-order valence-corrected chi connectivity index (χ2v) is 3.96. The number of aryl methyl sites for hydroxylation is 2. The van der Waals surface area contributed by atoms with Gasteiger partial charge in [-0.3, -0.25) is 15.0 Å². The zero-order valence-corrected chi connectivity index (χ0v) is 10.7. The molecule has 0 unspecified atom stereocenters.